The maximum absolute atomic E-state index is 13.9. The molecule has 2 atom stereocenters. The van der Waals surface area contributed by atoms with E-state index < -0.39 is 12.3 Å². The van der Waals surface area contributed by atoms with Gasteiger partial charge in [0.2, 0.25) is 0 Å². The van der Waals surface area contributed by atoms with Crippen LogP contribution >= 0.6 is 0 Å². The van der Waals surface area contributed by atoms with E-state index in [1.807, 2.05) is 6.07 Å². The van der Waals surface area contributed by atoms with Gasteiger partial charge >= 0.3 is 0 Å². The van der Waals surface area contributed by atoms with Gasteiger partial charge in [-0.2, -0.15) is 0 Å². The van der Waals surface area contributed by atoms with Crippen LogP contribution in [0.25, 0.3) is 17.1 Å². The largest absolute Gasteiger partial charge is 0.507 e. The normalized spacial score (nSPS) is 20.0. The third kappa shape index (κ3) is 3.35. The van der Waals surface area contributed by atoms with Crippen molar-refractivity contribution in [2.75, 3.05) is 0 Å². The second-order valence-corrected chi connectivity index (χ2v) is 6.25. The summed E-state index contributed by atoms with van der Waals surface area (Å²) in [7, 11) is 0. The maximum Gasteiger partial charge on any atom is 0.252 e. The molecule has 0 saturated heterocycles. The van der Waals surface area contributed by atoms with Crippen LogP contribution in [0.15, 0.2) is 43.1 Å². The van der Waals surface area contributed by atoms with Crippen LogP contribution in [0.4, 0.5) is 4.39 Å². The van der Waals surface area contributed by atoms with Gasteiger partial charge in [0.25, 0.3) is 5.88 Å². The Balaban J connectivity index is 1.51. The summed E-state index contributed by atoms with van der Waals surface area (Å²) in [5.41, 5.74) is 1.22. The monoisotopic (exact) mass is 355 g/mol. The average Bonchev–Trinajstić information content (AvgIpc) is 3.19. The fraction of sp³-hybridized carbons (Fsp3) is 0.333. The smallest absolute Gasteiger partial charge is 0.252 e. The van der Waals surface area contributed by atoms with Crippen molar-refractivity contribution in [2.45, 2.75) is 38.0 Å². The highest BCUT2D eigenvalue weighted by molar-refractivity contribution is 5.65. The third-order valence-electron chi connectivity index (χ3n) is 4.46. The van der Waals surface area contributed by atoms with Crippen molar-refractivity contribution in [3.63, 3.8) is 0 Å². The Hall–Kier alpha value is -3.03. The van der Waals surface area contributed by atoms with E-state index in [2.05, 4.69) is 20.2 Å². The second-order valence-electron chi connectivity index (χ2n) is 6.25. The lowest BCUT2D eigenvalue weighted by Crippen LogP contribution is -2.32. The fourth-order valence-electron chi connectivity index (χ4n) is 3.06. The Morgan fingerprint density at radius 1 is 1.19 bits per heavy atom. The third-order valence-corrected chi connectivity index (χ3v) is 4.46. The Bertz CT molecular complexity index is 870. The van der Waals surface area contributed by atoms with Gasteiger partial charge in [0.15, 0.2) is 5.82 Å². The molecule has 0 spiro atoms. The number of phenols is 1. The molecule has 1 aliphatic carbocycles. The molecule has 0 amide bonds. The van der Waals surface area contributed by atoms with Gasteiger partial charge in [-0.1, -0.05) is 6.42 Å². The van der Waals surface area contributed by atoms with Crippen LogP contribution in [-0.4, -0.2) is 42.1 Å². The highest BCUT2D eigenvalue weighted by Crippen LogP contribution is 2.29. The van der Waals surface area contributed by atoms with Crippen LogP contribution < -0.4 is 4.74 Å². The topological polar surface area (TPSA) is 86.0 Å². The van der Waals surface area contributed by atoms with Crippen LogP contribution in [0.2, 0.25) is 0 Å². The number of benzene rings is 1. The lowest BCUT2D eigenvalue weighted by atomic mass is 9.96. The molecule has 1 fully saturated rings. The summed E-state index contributed by atoms with van der Waals surface area (Å²) in [6.45, 7) is 0. The van der Waals surface area contributed by atoms with Crippen LogP contribution in [0, 0.1) is 0 Å². The Labute approximate surface area is 149 Å². The fourth-order valence-corrected chi connectivity index (χ4v) is 3.06. The number of hydrogen-bond donors (Lipinski definition) is 1. The minimum atomic E-state index is -0.981. The molecule has 3 aromatic rings. The quantitative estimate of drug-likeness (QED) is 0.774. The van der Waals surface area contributed by atoms with E-state index in [4.69, 9.17) is 4.74 Å². The van der Waals surface area contributed by atoms with Gasteiger partial charge in [0, 0.05) is 18.5 Å². The summed E-state index contributed by atoms with van der Waals surface area (Å²) < 4.78 is 21.2. The number of ether oxygens (including phenoxy) is 1. The molecule has 26 heavy (non-hydrogen) atoms. The number of aromatic nitrogens is 5. The first-order valence-electron chi connectivity index (χ1n) is 8.53. The molecule has 0 unspecified atom stereocenters. The highest BCUT2D eigenvalue weighted by Gasteiger charge is 2.27. The zero-order valence-corrected chi connectivity index (χ0v) is 14.0. The molecule has 1 saturated carbocycles. The van der Waals surface area contributed by atoms with Crippen molar-refractivity contribution in [1.29, 1.82) is 0 Å². The first kappa shape index (κ1) is 16.4. The van der Waals surface area contributed by atoms with Crippen molar-refractivity contribution in [3.05, 3.63) is 43.1 Å². The number of phenolic OH excluding ortho intramolecular Hbond substituents is 1. The molecule has 4 rings (SSSR count). The molecule has 7 nitrogen and oxygen atoms in total. The number of imidazole rings is 1. The van der Waals surface area contributed by atoms with Gasteiger partial charge in [-0.15, -0.1) is 10.2 Å². The number of rotatable bonds is 4. The predicted molar refractivity (Wildman–Crippen MR) is 91.8 cm³/mol. The minimum absolute atomic E-state index is 0.0303. The summed E-state index contributed by atoms with van der Waals surface area (Å²) in [4.78, 5) is 8.17. The van der Waals surface area contributed by atoms with Gasteiger partial charge in [-0.05, 0) is 31.4 Å². The van der Waals surface area contributed by atoms with Crippen molar-refractivity contribution in [1.82, 2.24) is 24.7 Å². The average molecular weight is 355 g/mol. The summed E-state index contributed by atoms with van der Waals surface area (Å²) in [6, 6.07) is 5.13. The van der Waals surface area contributed by atoms with E-state index in [9.17, 15) is 9.50 Å². The molecule has 2 aromatic heterocycles. The first-order valence-corrected chi connectivity index (χ1v) is 8.53. The van der Waals surface area contributed by atoms with E-state index in [0.717, 1.165) is 18.5 Å². The molecule has 0 aliphatic heterocycles. The van der Waals surface area contributed by atoms with Crippen molar-refractivity contribution in [3.8, 4) is 28.7 Å². The summed E-state index contributed by atoms with van der Waals surface area (Å²) >= 11 is 0. The number of halogens is 1. The van der Waals surface area contributed by atoms with Crippen LogP contribution in [-0.2, 0) is 0 Å². The van der Waals surface area contributed by atoms with E-state index in [0.29, 0.717) is 18.4 Å². The Morgan fingerprint density at radius 2 is 2.08 bits per heavy atom. The van der Waals surface area contributed by atoms with E-state index in [-0.39, 0.29) is 17.5 Å². The SMILES string of the molecule is Oc1cc(-n2ccnc2)ccc1-c1ncc(O[C@@H]2CCCC[C@@H]2F)nn1. The maximum atomic E-state index is 13.9. The zero-order valence-electron chi connectivity index (χ0n) is 14.0. The highest BCUT2D eigenvalue weighted by atomic mass is 19.1. The molecular weight excluding hydrogens is 337 g/mol. The molecule has 0 bridgehead atoms. The number of aromatic hydroxyl groups is 1. The first-order chi connectivity index (χ1) is 12.7. The number of alkyl halides is 1. The van der Waals surface area contributed by atoms with E-state index >= 15 is 0 Å². The van der Waals surface area contributed by atoms with Gasteiger partial charge < -0.3 is 14.4 Å². The molecule has 134 valence electrons. The summed E-state index contributed by atoms with van der Waals surface area (Å²) in [6.07, 6.45) is 8.03. The van der Waals surface area contributed by atoms with Crippen molar-refractivity contribution >= 4 is 0 Å². The van der Waals surface area contributed by atoms with E-state index in [1.165, 1.54) is 6.20 Å². The number of hydrogen-bond acceptors (Lipinski definition) is 6. The molecule has 1 N–H and O–H groups in total. The van der Waals surface area contributed by atoms with Gasteiger partial charge in [-0.25, -0.2) is 14.4 Å². The summed E-state index contributed by atoms with van der Waals surface area (Å²) in [5.74, 6) is 0.494. The van der Waals surface area contributed by atoms with Crippen LogP contribution in [0.3, 0.4) is 0 Å². The van der Waals surface area contributed by atoms with Crippen molar-refractivity contribution < 1.29 is 14.2 Å². The van der Waals surface area contributed by atoms with Crippen LogP contribution in [0.1, 0.15) is 25.7 Å². The lowest BCUT2D eigenvalue weighted by Gasteiger charge is -2.25. The summed E-state index contributed by atoms with van der Waals surface area (Å²) in [5, 5.41) is 18.3. The minimum Gasteiger partial charge on any atom is -0.507 e. The standard InChI is InChI=1S/C18H18FN5O2/c19-14-3-1-2-4-16(14)26-17-10-21-18(23-22-17)13-6-5-12(9-15(13)25)24-8-7-20-11-24/h5-11,14,16,25H,1-4H2/t14-,16+/m0/s1. The molecule has 1 aliphatic rings. The molecule has 0 radical (unpaired) electrons. The van der Waals surface area contributed by atoms with Gasteiger partial charge in [-0.3, -0.25) is 0 Å². The molecule has 1 aromatic carbocycles. The van der Waals surface area contributed by atoms with Crippen molar-refractivity contribution in [2.24, 2.45) is 0 Å². The second kappa shape index (κ2) is 7.07. The molecule has 2 heterocycles. The zero-order chi connectivity index (χ0) is 17.9. The van der Waals surface area contributed by atoms with Gasteiger partial charge in [0.05, 0.1) is 23.8 Å². The lowest BCUT2D eigenvalue weighted by molar-refractivity contribution is 0.0590. The van der Waals surface area contributed by atoms with E-state index in [1.54, 1.807) is 35.4 Å². The predicted octanol–water partition coefficient (Wildman–Crippen LogP) is 3.09. The Kier molecular flexibility index (Phi) is 4.47. The molecular formula is C18H18FN5O2. The Morgan fingerprint density at radius 3 is 2.77 bits per heavy atom. The van der Waals surface area contributed by atoms with Crippen LogP contribution in [0.5, 0.6) is 11.6 Å². The number of nitrogens with zero attached hydrogens (tertiary/aromatic N) is 5. The molecule has 8 heteroatoms. The van der Waals surface area contributed by atoms with Gasteiger partial charge in [0.1, 0.15) is 18.0 Å².